The first-order valence-corrected chi connectivity index (χ1v) is 9.00. The molecule has 0 aromatic heterocycles. The molecule has 2 aromatic rings. The number of halogens is 2. The Labute approximate surface area is 147 Å². The van der Waals surface area contributed by atoms with Crippen molar-refractivity contribution in [2.75, 3.05) is 13.2 Å². The average molecular weight is 458 g/mol. The van der Waals surface area contributed by atoms with Gasteiger partial charge in [0.1, 0.15) is 5.75 Å². The van der Waals surface area contributed by atoms with Crippen molar-refractivity contribution in [3.63, 3.8) is 0 Å². The lowest BCUT2D eigenvalue weighted by atomic mass is 9.96. The molecule has 0 spiro atoms. The molecule has 0 fully saturated rings. The van der Waals surface area contributed by atoms with E-state index in [1.807, 2.05) is 0 Å². The van der Waals surface area contributed by atoms with Crippen molar-refractivity contribution in [1.82, 2.24) is 5.32 Å². The average Bonchev–Trinajstić information content (AvgIpc) is 2.95. The van der Waals surface area contributed by atoms with Crippen molar-refractivity contribution in [2.45, 2.75) is 19.4 Å². The van der Waals surface area contributed by atoms with E-state index in [1.54, 1.807) is 0 Å². The summed E-state index contributed by atoms with van der Waals surface area (Å²) in [5.74, 6) is 1.04. The van der Waals surface area contributed by atoms with E-state index in [0.29, 0.717) is 0 Å². The fourth-order valence-electron chi connectivity index (χ4n) is 2.73. The van der Waals surface area contributed by atoms with Crippen LogP contribution in [0.5, 0.6) is 5.75 Å². The number of benzene rings is 2. The van der Waals surface area contributed by atoms with Crippen molar-refractivity contribution in [3.05, 3.63) is 61.1 Å². The Bertz CT molecular complexity index is 659. The van der Waals surface area contributed by atoms with E-state index in [-0.39, 0.29) is 6.04 Å². The molecule has 4 heteroatoms. The fourth-order valence-corrected chi connectivity index (χ4v) is 3.72. The minimum absolute atomic E-state index is 0.199. The van der Waals surface area contributed by atoms with Gasteiger partial charge >= 0.3 is 0 Å². The number of fused-ring (bicyclic) bond motifs is 1. The second-order valence-corrected chi connectivity index (χ2v) is 7.22. The molecule has 3 rings (SSSR count). The highest BCUT2D eigenvalue weighted by Crippen LogP contribution is 2.33. The van der Waals surface area contributed by atoms with Gasteiger partial charge in [0.2, 0.25) is 0 Å². The summed E-state index contributed by atoms with van der Waals surface area (Å²) >= 11 is 6.06. The molecular formula is C17H17BrINO. The van der Waals surface area contributed by atoms with E-state index in [9.17, 15) is 0 Å². The number of ether oxygens (including phenoxy) is 1. The van der Waals surface area contributed by atoms with Crippen LogP contribution in [0.25, 0.3) is 0 Å². The molecule has 0 amide bonds. The van der Waals surface area contributed by atoms with E-state index in [0.717, 1.165) is 29.8 Å². The lowest BCUT2D eigenvalue weighted by Crippen LogP contribution is -2.22. The van der Waals surface area contributed by atoms with E-state index >= 15 is 0 Å². The summed E-state index contributed by atoms with van der Waals surface area (Å²) in [6.45, 7) is 3.87. The van der Waals surface area contributed by atoms with E-state index in [4.69, 9.17) is 4.74 Å². The van der Waals surface area contributed by atoms with Crippen LogP contribution in [0, 0.1) is 3.57 Å². The number of hydrogen-bond donors (Lipinski definition) is 1. The van der Waals surface area contributed by atoms with Crippen LogP contribution in [0.1, 0.15) is 29.7 Å². The second kappa shape index (κ2) is 6.67. The lowest BCUT2D eigenvalue weighted by Gasteiger charge is -2.21. The smallest absolute Gasteiger partial charge is 0.122 e. The first kappa shape index (κ1) is 15.3. The quantitative estimate of drug-likeness (QED) is 0.672. The summed E-state index contributed by atoms with van der Waals surface area (Å²) in [5, 5.41) is 3.60. The van der Waals surface area contributed by atoms with Gasteiger partial charge in [0.15, 0.2) is 0 Å². The van der Waals surface area contributed by atoms with Gasteiger partial charge in [0.25, 0.3) is 0 Å². The standard InChI is InChI=1S/C17H17BrINO/c1-2-20-17(14-10-13(19)4-5-15(14)18)12-3-6-16-11(9-12)7-8-21-16/h3-6,9-10,17,20H,2,7-8H2,1H3. The Morgan fingerprint density at radius 2 is 2.14 bits per heavy atom. The van der Waals surface area contributed by atoms with Crippen LogP contribution in [0.4, 0.5) is 0 Å². The molecular weight excluding hydrogens is 441 g/mol. The van der Waals surface area contributed by atoms with Crippen molar-refractivity contribution < 1.29 is 4.74 Å². The molecule has 0 radical (unpaired) electrons. The van der Waals surface area contributed by atoms with Gasteiger partial charge in [-0.05, 0) is 70.1 Å². The van der Waals surface area contributed by atoms with Gasteiger partial charge in [-0.2, -0.15) is 0 Å². The lowest BCUT2D eigenvalue weighted by molar-refractivity contribution is 0.357. The fraction of sp³-hybridized carbons (Fsp3) is 0.294. The SMILES string of the molecule is CCNC(c1ccc2c(c1)CCO2)c1cc(I)ccc1Br. The summed E-state index contributed by atoms with van der Waals surface area (Å²) < 4.78 is 8.00. The van der Waals surface area contributed by atoms with Crippen molar-refractivity contribution >= 4 is 38.5 Å². The van der Waals surface area contributed by atoms with Crippen molar-refractivity contribution in [1.29, 1.82) is 0 Å². The predicted molar refractivity (Wildman–Crippen MR) is 98.0 cm³/mol. The van der Waals surface area contributed by atoms with Crippen LogP contribution in [0.3, 0.4) is 0 Å². The van der Waals surface area contributed by atoms with Crippen LogP contribution in [-0.2, 0) is 6.42 Å². The molecule has 1 aliphatic heterocycles. The number of hydrogen-bond acceptors (Lipinski definition) is 2. The number of rotatable bonds is 4. The highest BCUT2D eigenvalue weighted by molar-refractivity contribution is 14.1. The minimum Gasteiger partial charge on any atom is -0.493 e. The van der Waals surface area contributed by atoms with Crippen molar-refractivity contribution in [2.24, 2.45) is 0 Å². The van der Waals surface area contributed by atoms with Gasteiger partial charge in [-0.25, -0.2) is 0 Å². The van der Waals surface area contributed by atoms with Gasteiger partial charge in [0.05, 0.1) is 12.6 Å². The van der Waals surface area contributed by atoms with Crippen LogP contribution >= 0.6 is 38.5 Å². The monoisotopic (exact) mass is 457 g/mol. The van der Waals surface area contributed by atoms with E-state index in [1.165, 1.54) is 20.3 Å². The maximum absolute atomic E-state index is 5.61. The Kier molecular flexibility index (Phi) is 4.86. The van der Waals surface area contributed by atoms with Crippen molar-refractivity contribution in [3.8, 4) is 5.75 Å². The zero-order valence-corrected chi connectivity index (χ0v) is 15.6. The molecule has 1 aliphatic rings. The third-order valence-corrected chi connectivity index (χ3v) is 5.12. The van der Waals surface area contributed by atoms with E-state index in [2.05, 4.69) is 87.2 Å². The van der Waals surface area contributed by atoms with Gasteiger partial charge in [-0.1, -0.05) is 35.0 Å². The van der Waals surface area contributed by atoms with Crippen LogP contribution in [0.15, 0.2) is 40.9 Å². The maximum atomic E-state index is 5.61. The molecule has 2 nitrogen and oxygen atoms in total. The molecule has 0 aliphatic carbocycles. The largest absolute Gasteiger partial charge is 0.493 e. The summed E-state index contributed by atoms with van der Waals surface area (Å²) in [6.07, 6.45) is 1.01. The normalized spacial score (nSPS) is 14.6. The Balaban J connectivity index is 2.03. The summed E-state index contributed by atoms with van der Waals surface area (Å²) in [4.78, 5) is 0. The zero-order chi connectivity index (χ0) is 14.8. The molecule has 110 valence electrons. The Hall–Kier alpha value is -0.590. The Morgan fingerprint density at radius 3 is 2.95 bits per heavy atom. The third kappa shape index (κ3) is 3.27. The number of nitrogens with one attached hydrogen (secondary N) is 1. The zero-order valence-electron chi connectivity index (χ0n) is 11.8. The maximum Gasteiger partial charge on any atom is 0.122 e. The molecule has 1 unspecified atom stereocenters. The molecule has 1 N–H and O–H groups in total. The minimum atomic E-state index is 0.199. The molecule has 21 heavy (non-hydrogen) atoms. The van der Waals surface area contributed by atoms with Gasteiger partial charge in [0, 0.05) is 14.5 Å². The molecule has 0 bridgehead atoms. The topological polar surface area (TPSA) is 21.3 Å². The van der Waals surface area contributed by atoms with Crippen LogP contribution < -0.4 is 10.1 Å². The first-order chi connectivity index (χ1) is 10.2. The predicted octanol–water partition coefficient (Wildman–Crippen LogP) is 4.69. The van der Waals surface area contributed by atoms with Crippen LogP contribution in [0.2, 0.25) is 0 Å². The molecule has 1 heterocycles. The highest BCUT2D eigenvalue weighted by Gasteiger charge is 2.19. The summed E-state index contributed by atoms with van der Waals surface area (Å²) in [6, 6.07) is 13.2. The van der Waals surface area contributed by atoms with E-state index < -0.39 is 0 Å². The highest BCUT2D eigenvalue weighted by atomic mass is 127. The molecule has 0 saturated carbocycles. The Morgan fingerprint density at radius 1 is 1.29 bits per heavy atom. The van der Waals surface area contributed by atoms with Crippen LogP contribution in [-0.4, -0.2) is 13.2 Å². The van der Waals surface area contributed by atoms with Gasteiger partial charge < -0.3 is 10.1 Å². The first-order valence-electron chi connectivity index (χ1n) is 7.13. The second-order valence-electron chi connectivity index (χ2n) is 5.12. The summed E-state index contributed by atoms with van der Waals surface area (Å²) in [7, 11) is 0. The molecule has 1 atom stereocenters. The van der Waals surface area contributed by atoms with Gasteiger partial charge in [-0.3, -0.25) is 0 Å². The molecule has 2 aromatic carbocycles. The molecule has 0 saturated heterocycles. The summed E-state index contributed by atoms with van der Waals surface area (Å²) in [5.41, 5.74) is 3.89. The third-order valence-electron chi connectivity index (χ3n) is 3.72. The van der Waals surface area contributed by atoms with Gasteiger partial charge in [-0.15, -0.1) is 0 Å².